The van der Waals surface area contributed by atoms with Gasteiger partial charge in [-0.1, -0.05) is 59.3 Å². The third kappa shape index (κ3) is 7.58. The lowest BCUT2D eigenvalue weighted by atomic mass is 9.46. The van der Waals surface area contributed by atoms with Crippen molar-refractivity contribution < 1.29 is 38.2 Å². The van der Waals surface area contributed by atoms with Gasteiger partial charge in [-0.15, -0.1) is 0 Å². The van der Waals surface area contributed by atoms with E-state index in [1.807, 2.05) is 26.0 Å². The molecule has 0 aromatic carbocycles. The molecule has 0 radical (unpaired) electrons. The Hall–Kier alpha value is -3.16. The van der Waals surface area contributed by atoms with E-state index in [0.717, 1.165) is 69.8 Å². The predicted molar refractivity (Wildman–Crippen MR) is 231 cm³/mol. The average Bonchev–Trinajstić information content (AvgIpc) is 3.77. The Morgan fingerprint density at radius 3 is 1.75 bits per heavy atom. The maximum absolute atomic E-state index is 13.7. The highest BCUT2D eigenvalue weighted by Gasteiger charge is 2.64. The molecule has 0 aliphatic heterocycles. The lowest BCUT2D eigenvalue weighted by Crippen LogP contribution is -2.55. The summed E-state index contributed by atoms with van der Waals surface area (Å²) in [6.45, 7) is 18.0. The molecule has 0 amide bonds. The minimum absolute atomic E-state index is 0.0292. The molecule has 8 aliphatic rings. The van der Waals surface area contributed by atoms with Gasteiger partial charge in [0.05, 0.1) is 13.2 Å². The first-order valence-electron chi connectivity index (χ1n) is 24.0. The lowest BCUT2D eigenvalue weighted by molar-refractivity contribution is -0.149. The number of hydrogen-bond acceptors (Lipinski definition) is 8. The Balaban J connectivity index is 0.000000181. The van der Waals surface area contributed by atoms with Crippen molar-refractivity contribution in [3.8, 4) is 0 Å². The largest absolute Gasteiger partial charge is 0.466 e. The summed E-state index contributed by atoms with van der Waals surface area (Å²) >= 11 is 0. The Kier molecular flexibility index (Phi) is 12.9. The monoisotopic (exact) mass is 827 g/mol. The van der Waals surface area contributed by atoms with Crippen LogP contribution in [0, 0.1) is 80.8 Å². The minimum atomic E-state index is -0.304. The van der Waals surface area contributed by atoms with Crippen LogP contribution in [0.4, 0.5) is 0 Å². The molecule has 8 aliphatic carbocycles. The van der Waals surface area contributed by atoms with Crippen LogP contribution < -0.4 is 0 Å². The molecule has 0 unspecified atom stereocenters. The van der Waals surface area contributed by atoms with Gasteiger partial charge in [-0.05, 0) is 166 Å². The predicted octanol–water partition coefficient (Wildman–Crippen LogP) is 10.4. The zero-order chi connectivity index (χ0) is 43.4. The van der Waals surface area contributed by atoms with E-state index in [2.05, 4.69) is 53.7 Å². The van der Waals surface area contributed by atoms with Crippen LogP contribution in [-0.4, -0.2) is 48.3 Å². The van der Waals surface area contributed by atoms with Crippen molar-refractivity contribution in [2.75, 3.05) is 13.2 Å². The van der Waals surface area contributed by atoms with Crippen molar-refractivity contribution in [2.24, 2.45) is 80.8 Å². The summed E-state index contributed by atoms with van der Waals surface area (Å²) in [6.07, 6.45) is 21.5. The van der Waals surface area contributed by atoms with Gasteiger partial charge in [0.25, 0.3) is 0 Å². The first kappa shape index (κ1) is 44.9. The molecule has 330 valence electrons. The molecule has 8 rings (SSSR count). The minimum Gasteiger partial charge on any atom is -0.466 e. The summed E-state index contributed by atoms with van der Waals surface area (Å²) in [5.74, 6) is 4.98. The molecular formula is C52H74O8. The number of carbonyl (C=O) groups is 6. The van der Waals surface area contributed by atoms with Gasteiger partial charge >= 0.3 is 11.9 Å². The summed E-state index contributed by atoms with van der Waals surface area (Å²) < 4.78 is 10.2. The second-order valence-electron chi connectivity index (χ2n) is 21.4. The molecule has 0 aromatic rings. The summed E-state index contributed by atoms with van der Waals surface area (Å²) in [5, 5.41) is 0. The van der Waals surface area contributed by atoms with Gasteiger partial charge in [-0.2, -0.15) is 0 Å². The van der Waals surface area contributed by atoms with Crippen molar-refractivity contribution in [1.29, 1.82) is 0 Å². The molecule has 0 bridgehead atoms. The molecule has 0 saturated heterocycles. The van der Waals surface area contributed by atoms with E-state index in [-0.39, 0.29) is 45.2 Å². The zero-order valence-corrected chi connectivity index (χ0v) is 38.1. The SMILES string of the molecule is CCOC(=O)CC[C@@H](C)[C@H]1CC[C@H]2[C@@H]3C=CC4=CC(=O)CC[C@]4(C)[C@H]3CC(=O)[C@]12C.CCOC(=O)CC[C@@H](C)[C@H]1CC[C@H]2[C@@H]3CCC4=CC(=O)CC[C@]4(C)[C@H]3CC(=O)[C@]12C. The number of rotatable bonds is 10. The van der Waals surface area contributed by atoms with E-state index in [1.165, 1.54) is 5.57 Å². The maximum atomic E-state index is 13.7. The quantitative estimate of drug-likeness (QED) is 0.200. The number of esters is 2. The second-order valence-corrected chi connectivity index (χ2v) is 21.4. The van der Waals surface area contributed by atoms with E-state index in [4.69, 9.17) is 9.47 Å². The highest BCUT2D eigenvalue weighted by Crippen LogP contribution is 2.67. The molecular weight excluding hydrogens is 753 g/mol. The number of ether oxygens (including phenoxy) is 2. The van der Waals surface area contributed by atoms with Crippen LogP contribution in [0.2, 0.25) is 0 Å². The fraction of sp³-hybridized carbons (Fsp3) is 0.769. The number of Topliss-reactive ketones (excluding diaryl/α,β-unsaturated/α-hetero) is 2. The van der Waals surface area contributed by atoms with Crippen LogP contribution in [0.1, 0.15) is 158 Å². The highest BCUT2D eigenvalue weighted by atomic mass is 16.5. The molecule has 60 heavy (non-hydrogen) atoms. The van der Waals surface area contributed by atoms with E-state index >= 15 is 0 Å². The number of ketones is 4. The van der Waals surface area contributed by atoms with Crippen molar-refractivity contribution in [3.63, 3.8) is 0 Å². The first-order chi connectivity index (χ1) is 28.4. The molecule has 0 N–H and O–H groups in total. The van der Waals surface area contributed by atoms with Crippen LogP contribution in [-0.2, 0) is 38.2 Å². The summed E-state index contributed by atoms with van der Waals surface area (Å²) in [4.78, 5) is 75.1. The molecule has 14 atom stereocenters. The normalized spacial score (nSPS) is 41.1. The summed E-state index contributed by atoms with van der Waals surface area (Å²) in [6, 6.07) is 0. The maximum Gasteiger partial charge on any atom is 0.305 e. The number of allylic oxidation sites excluding steroid dienone is 5. The van der Waals surface area contributed by atoms with Crippen LogP contribution in [0.5, 0.6) is 0 Å². The lowest BCUT2D eigenvalue weighted by Gasteiger charge is -2.57. The van der Waals surface area contributed by atoms with Crippen molar-refractivity contribution in [1.82, 2.24) is 0 Å². The Bertz CT molecular complexity index is 1840. The molecule has 5 saturated carbocycles. The van der Waals surface area contributed by atoms with Gasteiger partial charge < -0.3 is 9.47 Å². The van der Waals surface area contributed by atoms with Crippen LogP contribution in [0.15, 0.2) is 35.5 Å². The fourth-order valence-electron chi connectivity index (χ4n) is 15.4. The van der Waals surface area contributed by atoms with E-state index in [0.29, 0.717) is 122 Å². The Morgan fingerprint density at radius 1 is 0.650 bits per heavy atom. The summed E-state index contributed by atoms with van der Waals surface area (Å²) in [7, 11) is 0. The molecule has 8 nitrogen and oxygen atoms in total. The van der Waals surface area contributed by atoms with Crippen molar-refractivity contribution >= 4 is 35.1 Å². The molecule has 8 heteroatoms. The van der Waals surface area contributed by atoms with Gasteiger partial charge in [0.2, 0.25) is 0 Å². The van der Waals surface area contributed by atoms with E-state index in [9.17, 15) is 28.8 Å². The average molecular weight is 827 g/mol. The van der Waals surface area contributed by atoms with Crippen LogP contribution in [0.3, 0.4) is 0 Å². The van der Waals surface area contributed by atoms with Gasteiger partial charge in [-0.3, -0.25) is 28.8 Å². The van der Waals surface area contributed by atoms with Gasteiger partial charge in [-0.25, -0.2) is 0 Å². The molecule has 0 heterocycles. The molecule has 0 spiro atoms. The van der Waals surface area contributed by atoms with Gasteiger partial charge in [0.15, 0.2) is 11.6 Å². The van der Waals surface area contributed by atoms with Gasteiger partial charge in [0.1, 0.15) is 11.6 Å². The Morgan fingerprint density at radius 2 is 1.17 bits per heavy atom. The topological polar surface area (TPSA) is 121 Å². The fourth-order valence-corrected chi connectivity index (χ4v) is 15.4. The highest BCUT2D eigenvalue weighted by molar-refractivity contribution is 5.93. The third-order valence-corrected chi connectivity index (χ3v) is 18.9. The van der Waals surface area contributed by atoms with Crippen LogP contribution in [0.25, 0.3) is 0 Å². The van der Waals surface area contributed by atoms with E-state index < -0.39 is 0 Å². The zero-order valence-electron chi connectivity index (χ0n) is 38.1. The number of fused-ring (bicyclic) bond motifs is 10. The first-order valence-corrected chi connectivity index (χ1v) is 24.0. The second kappa shape index (κ2) is 17.2. The van der Waals surface area contributed by atoms with Crippen molar-refractivity contribution in [2.45, 2.75) is 158 Å². The molecule has 0 aromatic heterocycles. The van der Waals surface area contributed by atoms with Crippen molar-refractivity contribution in [3.05, 3.63) is 35.5 Å². The smallest absolute Gasteiger partial charge is 0.305 e. The van der Waals surface area contributed by atoms with Crippen LogP contribution >= 0.6 is 0 Å². The Labute approximate surface area is 359 Å². The summed E-state index contributed by atoms with van der Waals surface area (Å²) in [5.41, 5.74) is 1.86. The standard InChI is InChI=1S/C26H38O4.C26H36O4/c2*1-5-30-24(29)11-6-16(2)20-9-10-21-19-8-7-17-14-18(27)12-13-25(17,3)22(19)15-23(28)26(20,21)4/h14,16,19-22H,5-13,15H2,1-4H3;7-8,14,16,19-22H,5-6,9-13,15H2,1-4H3/t2*16-,19+,20-,21+,22+,25+,26-/m11/s1. The third-order valence-electron chi connectivity index (χ3n) is 18.9. The molecule has 5 fully saturated rings. The van der Waals surface area contributed by atoms with Gasteiger partial charge in [0, 0.05) is 49.4 Å². The van der Waals surface area contributed by atoms with E-state index in [1.54, 1.807) is 0 Å². The number of carbonyl (C=O) groups excluding carboxylic acids is 6. The number of hydrogen-bond donors (Lipinski definition) is 0.